The van der Waals surface area contributed by atoms with Crippen LogP contribution in [0.4, 0.5) is 11.4 Å². The van der Waals surface area contributed by atoms with Gasteiger partial charge in [-0.2, -0.15) is 0 Å². The van der Waals surface area contributed by atoms with E-state index in [1.807, 2.05) is 0 Å². The van der Waals surface area contributed by atoms with Crippen molar-refractivity contribution in [1.29, 1.82) is 0 Å². The minimum atomic E-state index is -4.27. The highest BCUT2D eigenvalue weighted by atomic mass is 35.5. The van der Waals surface area contributed by atoms with Gasteiger partial charge in [-0.05, 0) is 24.3 Å². The molecule has 0 bridgehead atoms. The fourth-order valence-corrected chi connectivity index (χ4v) is 5.02. The van der Waals surface area contributed by atoms with Crippen LogP contribution >= 0.6 is 11.6 Å². The fourth-order valence-electron chi connectivity index (χ4n) is 2.35. The van der Waals surface area contributed by atoms with E-state index in [4.69, 9.17) is 11.6 Å². The van der Waals surface area contributed by atoms with Gasteiger partial charge < -0.3 is 5.32 Å². The van der Waals surface area contributed by atoms with Crippen molar-refractivity contribution in [3.63, 3.8) is 0 Å². The lowest BCUT2D eigenvalue weighted by atomic mass is 10.3. The van der Waals surface area contributed by atoms with Crippen molar-refractivity contribution in [2.75, 3.05) is 22.4 Å². The molecule has 0 unspecified atom stereocenters. The summed E-state index contributed by atoms with van der Waals surface area (Å²) in [5, 5.41) is 2.38. The zero-order valence-electron chi connectivity index (χ0n) is 12.8. The zero-order valence-corrected chi connectivity index (χ0v) is 15.2. The number of hydrogen-bond acceptors (Lipinski definition) is 6. The molecule has 2 aromatic rings. The highest BCUT2D eigenvalue weighted by molar-refractivity contribution is 7.93. The number of carbonyl (C=O) groups is 1. The number of pyridine rings is 1. The molecule has 1 N–H and O–H groups in total. The molecule has 8 nitrogen and oxygen atoms in total. The summed E-state index contributed by atoms with van der Waals surface area (Å²) < 4.78 is 50.4. The zero-order chi connectivity index (χ0) is 18.4. The van der Waals surface area contributed by atoms with Crippen LogP contribution in [-0.4, -0.2) is 40.5 Å². The van der Waals surface area contributed by atoms with Crippen molar-refractivity contribution in [1.82, 2.24) is 4.98 Å². The Kier molecular flexibility index (Phi) is 4.21. The maximum absolute atomic E-state index is 13.0. The molecular formula is C14H12ClN3O5S2. The van der Waals surface area contributed by atoms with E-state index < -0.39 is 37.2 Å². The summed E-state index contributed by atoms with van der Waals surface area (Å²) in [5.74, 6) is -0.542. The van der Waals surface area contributed by atoms with Crippen molar-refractivity contribution in [3.05, 3.63) is 41.7 Å². The van der Waals surface area contributed by atoms with Crippen LogP contribution < -0.4 is 9.62 Å². The van der Waals surface area contributed by atoms with E-state index in [2.05, 4.69) is 10.3 Å². The van der Waals surface area contributed by atoms with Gasteiger partial charge in [0.1, 0.15) is 11.4 Å². The van der Waals surface area contributed by atoms with Crippen LogP contribution in [0.3, 0.4) is 0 Å². The summed E-state index contributed by atoms with van der Waals surface area (Å²) >= 11 is 6.00. The number of amides is 1. The van der Waals surface area contributed by atoms with E-state index in [-0.39, 0.29) is 21.3 Å². The summed E-state index contributed by atoms with van der Waals surface area (Å²) in [5.41, 5.74) is 0.452. The van der Waals surface area contributed by atoms with Gasteiger partial charge in [0.2, 0.25) is 5.91 Å². The van der Waals surface area contributed by atoms with Gasteiger partial charge in [0.05, 0.1) is 27.5 Å². The summed E-state index contributed by atoms with van der Waals surface area (Å²) in [4.78, 5) is 15.1. The molecule has 1 aromatic carbocycles. The van der Waals surface area contributed by atoms with E-state index in [0.29, 0.717) is 0 Å². The van der Waals surface area contributed by atoms with Crippen LogP contribution in [0.15, 0.2) is 46.5 Å². The Hall–Kier alpha value is -2.17. The first-order valence-electron chi connectivity index (χ1n) is 6.87. The molecule has 0 fully saturated rings. The molecule has 0 spiro atoms. The minimum absolute atomic E-state index is 0.144. The highest BCUT2D eigenvalue weighted by Crippen LogP contribution is 2.35. The van der Waals surface area contributed by atoms with Crippen LogP contribution in [0.25, 0.3) is 0 Å². The van der Waals surface area contributed by atoms with E-state index in [1.54, 1.807) is 0 Å². The van der Waals surface area contributed by atoms with Gasteiger partial charge >= 0.3 is 0 Å². The average Bonchev–Trinajstić information content (AvgIpc) is 2.53. The first-order valence-corrected chi connectivity index (χ1v) is 10.6. The molecule has 132 valence electrons. The highest BCUT2D eigenvalue weighted by Gasteiger charge is 2.34. The molecule has 0 saturated heterocycles. The van der Waals surface area contributed by atoms with Crippen molar-refractivity contribution in [2.45, 2.75) is 9.79 Å². The number of sulfone groups is 1. The van der Waals surface area contributed by atoms with Crippen LogP contribution in [0.5, 0.6) is 0 Å². The Morgan fingerprint density at radius 3 is 2.60 bits per heavy atom. The number of hydrogen-bond donors (Lipinski definition) is 1. The number of fused-ring (bicyclic) bond motifs is 1. The quantitative estimate of drug-likeness (QED) is 0.828. The minimum Gasteiger partial charge on any atom is -0.321 e. The van der Waals surface area contributed by atoms with E-state index >= 15 is 0 Å². The topological polar surface area (TPSA) is 114 Å². The molecule has 1 aliphatic heterocycles. The summed E-state index contributed by atoms with van der Waals surface area (Å²) in [6.45, 7) is -0.460. The SMILES string of the molecule is CS(=O)(=O)c1ccc(Cl)c(S(=O)(=O)N2CC(=O)Nc3cnccc32)c1. The first kappa shape index (κ1) is 17.6. The number of rotatable bonds is 3. The van der Waals surface area contributed by atoms with Crippen LogP contribution in [0.1, 0.15) is 0 Å². The third-order valence-corrected chi connectivity index (χ3v) is 6.88. The molecule has 1 aromatic heterocycles. The van der Waals surface area contributed by atoms with Gasteiger partial charge in [0, 0.05) is 12.5 Å². The van der Waals surface area contributed by atoms with Crippen LogP contribution in [0, 0.1) is 0 Å². The molecule has 0 saturated carbocycles. The summed E-state index contributed by atoms with van der Waals surface area (Å²) in [7, 11) is -7.91. The lowest BCUT2D eigenvalue weighted by Gasteiger charge is -2.30. The predicted molar refractivity (Wildman–Crippen MR) is 92.0 cm³/mol. The van der Waals surface area contributed by atoms with E-state index in [0.717, 1.165) is 16.6 Å². The Morgan fingerprint density at radius 1 is 1.20 bits per heavy atom. The average molecular weight is 402 g/mol. The number of anilines is 2. The number of carbonyl (C=O) groups excluding carboxylic acids is 1. The lowest BCUT2D eigenvalue weighted by Crippen LogP contribution is -2.42. The van der Waals surface area contributed by atoms with Crippen molar-refractivity contribution >= 4 is 48.7 Å². The van der Waals surface area contributed by atoms with Gasteiger partial charge in [-0.25, -0.2) is 16.8 Å². The van der Waals surface area contributed by atoms with Crippen LogP contribution in [-0.2, 0) is 24.7 Å². The largest absolute Gasteiger partial charge is 0.321 e. The van der Waals surface area contributed by atoms with Crippen molar-refractivity contribution in [2.24, 2.45) is 0 Å². The molecule has 2 heterocycles. The fraction of sp³-hybridized carbons (Fsp3) is 0.143. The molecule has 3 rings (SSSR count). The van der Waals surface area contributed by atoms with E-state index in [9.17, 15) is 21.6 Å². The molecule has 1 aliphatic rings. The smallest absolute Gasteiger partial charge is 0.266 e. The van der Waals surface area contributed by atoms with E-state index in [1.165, 1.54) is 30.6 Å². The molecule has 0 atom stereocenters. The molecule has 25 heavy (non-hydrogen) atoms. The Balaban J connectivity index is 2.20. The van der Waals surface area contributed by atoms with Crippen LogP contribution in [0.2, 0.25) is 5.02 Å². The number of nitrogens with one attached hydrogen (secondary N) is 1. The van der Waals surface area contributed by atoms with Crippen molar-refractivity contribution in [3.8, 4) is 0 Å². The van der Waals surface area contributed by atoms with Gasteiger partial charge in [-0.1, -0.05) is 11.6 Å². The second kappa shape index (κ2) is 5.97. The van der Waals surface area contributed by atoms with Crippen molar-refractivity contribution < 1.29 is 21.6 Å². The van der Waals surface area contributed by atoms with Gasteiger partial charge in [-0.3, -0.25) is 14.1 Å². The lowest BCUT2D eigenvalue weighted by molar-refractivity contribution is -0.115. The Bertz CT molecular complexity index is 1080. The molecular weight excluding hydrogens is 390 g/mol. The maximum atomic E-state index is 13.0. The summed E-state index contributed by atoms with van der Waals surface area (Å²) in [6.07, 6.45) is 3.67. The number of halogens is 1. The number of aromatic nitrogens is 1. The number of nitrogens with zero attached hydrogens (tertiary/aromatic N) is 2. The summed E-state index contributed by atoms with van der Waals surface area (Å²) in [6, 6.07) is 4.83. The molecule has 1 amide bonds. The standard InChI is InChI=1S/C14H12ClN3O5S2/c1-24(20,21)9-2-3-10(15)13(6-9)25(22,23)18-8-14(19)17-11-7-16-5-4-12(11)18/h2-7H,8H2,1H3,(H,17,19). The van der Waals surface area contributed by atoms with Gasteiger partial charge in [0.25, 0.3) is 10.0 Å². The third-order valence-electron chi connectivity index (χ3n) is 3.53. The van der Waals surface area contributed by atoms with Gasteiger partial charge in [0.15, 0.2) is 9.84 Å². The number of benzene rings is 1. The first-order chi connectivity index (χ1) is 11.6. The second-order valence-corrected chi connectivity index (χ2v) is 9.57. The molecule has 11 heteroatoms. The molecule has 0 aliphatic carbocycles. The second-order valence-electron chi connectivity index (χ2n) is 5.32. The normalized spacial score (nSPS) is 14.8. The third kappa shape index (κ3) is 3.20. The Labute approximate surface area is 149 Å². The predicted octanol–water partition coefficient (Wildman–Crippen LogP) is 1.29. The monoisotopic (exact) mass is 401 g/mol. The molecule has 0 radical (unpaired) electrons. The number of sulfonamides is 1. The maximum Gasteiger partial charge on any atom is 0.266 e. The van der Waals surface area contributed by atoms with Gasteiger partial charge in [-0.15, -0.1) is 0 Å². The Morgan fingerprint density at radius 2 is 1.92 bits per heavy atom.